The van der Waals surface area contributed by atoms with Gasteiger partial charge >= 0.3 is 0 Å². The molecule has 23 heavy (non-hydrogen) atoms. The van der Waals surface area contributed by atoms with Crippen LogP contribution in [0.15, 0.2) is 73.1 Å². The Morgan fingerprint density at radius 2 is 1.70 bits per heavy atom. The summed E-state index contributed by atoms with van der Waals surface area (Å²) in [5, 5.41) is 3.56. The fraction of sp³-hybridized carbons (Fsp3) is 0.250. The van der Waals surface area contributed by atoms with Crippen molar-refractivity contribution in [2.75, 3.05) is 0 Å². The fourth-order valence-electron chi connectivity index (χ4n) is 2.71. The van der Waals surface area contributed by atoms with Crippen LogP contribution >= 0.6 is 0 Å². The minimum absolute atomic E-state index is 0.315. The van der Waals surface area contributed by atoms with Gasteiger partial charge in [0.2, 0.25) is 0 Å². The number of nitrogens with zero attached hydrogens (tertiary/aromatic N) is 2. The van der Waals surface area contributed by atoms with E-state index < -0.39 is 0 Å². The molecule has 0 saturated heterocycles. The Labute approximate surface area is 138 Å². The SMILES string of the molecule is C[C@@H](NCc1nccn1CCc1ccccc1)c1ccccc1. The first kappa shape index (κ1) is 15.5. The second kappa shape index (κ2) is 7.75. The van der Waals surface area contributed by atoms with Gasteiger partial charge in [-0.1, -0.05) is 60.7 Å². The highest BCUT2D eigenvalue weighted by Crippen LogP contribution is 2.12. The van der Waals surface area contributed by atoms with E-state index in [2.05, 4.69) is 82.6 Å². The molecule has 3 aromatic rings. The van der Waals surface area contributed by atoms with E-state index in [9.17, 15) is 0 Å². The highest BCUT2D eigenvalue weighted by atomic mass is 15.1. The van der Waals surface area contributed by atoms with E-state index in [1.54, 1.807) is 0 Å². The molecule has 3 heteroatoms. The molecule has 2 aromatic carbocycles. The Balaban J connectivity index is 1.56. The lowest BCUT2D eigenvalue weighted by molar-refractivity contribution is 0.534. The van der Waals surface area contributed by atoms with Gasteiger partial charge in [0.15, 0.2) is 0 Å². The number of rotatable bonds is 7. The predicted octanol–water partition coefficient (Wildman–Crippen LogP) is 3.98. The van der Waals surface area contributed by atoms with Gasteiger partial charge in [-0.05, 0) is 24.5 Å². The van der Waals surface area contributed by atoms with Crippen LogP contribution in [0.3, 0.4) is 0 Å². The summed E-state index contributed by atoms with van der Waals surface area (Å²) in [5.74, 6) is 1.09. The molecule has 3 nitrogen and oxygen atoms in total. The Bertz CT molecular complexity index is 704. The molecular formula is C20H23N3. The molecule has 1 N–H and O–H groups in total. The molecule has 0 aliphatic rings. The van der Waals surface area contributed by atoms with Gasteiger partial charge in [-0.15, -0.1) is 0 Å². The number of aryl methyl sites for hydroxylation is 2. The van der Waals surface area contributed by atoms with Crippen molar-refractivity contribution in [2.45, 2.75) is 32.5 Å². The van der Waals surface area contributed by atoms with E-state index in [0.717, 1.165) is 25.3 Å². The molecule has 0 aliphatic heterocycles. The van der Waals surface area contributed by atoms with Crippen molar-refractivity contribution in [3.8, 4) is 0 Å². The predicted molar refractivity (Wildman–Crippen MR) is 94.1 cm³/mol. The fourth-order valence-corrected chi connectivity index (χ4v) is 2.71. The second-order valence-corrected chi connectivity index (χ2v) is 5.79. The van der Waals surface area contributed by atoms with Crippen molar-refractivity contribution >= 4 is 0 Å². The molecule has 1 heterocycles. The zero-order chi connectivity index (χ0) is 15.9. The zero-order valence-electron chi connectivity index (χ0n) is 13.5. The second-order valence-electron chi connectivity index (χ2n) is 5.79. The number of imidazole rings is 1. The molecule has 0 saturated carbocycles. The van der Waals surface area contributed by atoms with Gasteiger partial charge in [-0.25, -0.2) is 4.98 Å². The van der Waals surface area contributed by atoms with Crippen LogP contribution in [0.1, 0.15) is 29.9 Å². The van der Waals surface area contributed by atoms with Crippen LogP contribution in [0.25, 0.3) is 0 Å². The van der Waals surface area contributed by atoms with Crippen LogP contribution in [0.4, 0.5) is 0 Å². The van der Waals surface area contributed by atoms with Crippen LogP contribution in [0.2, 0.25) is 0 Å². The summed E-state index contributed by atoms with van der Waals surface area (Å²) in [6.45, 7) is 3.92. The summed E-state index contributed by atoms with van der Waals surface area (Å²) in [6, 6.07) is 21.4. The molecule has 0 amide bonds. The summed E-state index contributed by atoms with van der Waals surface area (Å²) in [4.78, 5) is 4.49. The number of aromatic nitrogens is 2. The highest BCUT2D eigenvalue weighted by Gasteiger charge is 2.07. The molecule has 3 rings (SSSR count). The van der Waals surface area contributed by atoms with Crippen molar-refractivity contribution in [3.63, 3.8) is 0 Å². The Kier molecular flexibility index (Phi) is 5.22. The minimum atomic E-state index is 0.315. The van der Waals surface area contributed by atoms with Gasteiger partial charge in [0.25, 0.3) is 0 Å². The van der Waals surface area contributed by atoms with Gasteiger partial charge < -0.3 is 9.88 Å². The van der Waals surface area contributed by atoms with E-state index in [1.807, 2.05) is 12.3 Å². The normalized spacial score (nSPS) is 12.2. The monoisotopic (exact) mass is 305 g/mol. The Morgan fingerprint density at radius 1 is 1.00 bits per heavy atom. The van der Waals surface area contributed by atoms with E-state index in [0.29, 0.717) is 6.04 Å². The smallest absolute Gasteiger partial charge is 0.122 e. The van der Waals surface area contributed by atoms with Gasteiger partial charge in [0, 0.05) is 25.0 Å². The van der Waals surface area contributed by atoms with E-state index in [-0.39, 0.29) is 0 Å². The Morgan fingerprint density at radius 3 is 2.43 bits per heavy atom. The van der Waals surface area contributed by atoms with Gasteiger partial charge in [0.1, 0.15) is 5.82 Å². The lowest BCUT2D eigenvalue weighted by Crippen LogP contribution is -2.21. The third-order valence-electron chi connectivity index (χ3n) is 4.15. The molecule has 0 fully saturated rings. The number of hydrogen-bond acceptors (Lipinski definition) is 2. The third-order valence-corrected chi connectivity index (χ3v) is 4.15. The average Bonchev–Trinajstić information content (AvgIpc) is 3.07. The maximum Gasteiger partial charge on any atom is 0.122 e. The van der Waals surface area contributed by atoms with Gasteiger partial charge in [-0.2, -0.15) is 0 Å². The number of nitrogens with one attached hydrogen (secondary N) is 1. The first-order valence-corrected chi connectivity index (χ1v) is 8.15. The summed E-state index contributed by atoms with van der Waals surface area (Å²) >= 11 is 0. The average molecular weight is 305 g/mol. The summed E-state index contributed by atoms with van der Waals surface area (Å²) in [6.07, 6.45) is 4.97. The van der Waals surface area contributed by atoms with Crippen molar-refractivity contribution in [1.82, 2.24) is 14.9 Å². The van der Waals surface area contributed by atoms with E-state index >= 15 is 0 Å². The third kappa shape index (κ3) is 4.30. The standard InChI is InChI=1S/C20H23N3/c1-17(19-10-6-3-7-11-19)22-16-20-21-13-15-23(20)14-12-18-8-4-2-5-9-18/h2-11,13,15,17,22H,12,14,16H2,1H3/t17-/m1/s1. The molecule has 0 aliphatic carbocycles. The highest BCUT2D eigenvalue weighted by molar-refractivity contribution is 5.18. The maximum absolute atomic E-state index is 4.49. The van der Waals surface area contributed by atoms with E-state index in [4.69, 9.17) is 0 Å². The molecule has 118 valence electrons. The molecule has 1 atom stereocenters. The van der Waals surface area contributed by atoms with E-state index in [1.165, 1.54) is 11.1 Å². The topological polar surface area (TPSA) is 29.9 Å². The molecule has 0 radical (unpaired) electrons. The van der Waals surface area contributed by atoms with Crippen molar-refractivity contribution in [3.05, 3.63) is 90.0 Å². The lowest BCUT2D eigenvalue weighted by atomic mass is 10.1. The summed E-state index contributed by atoms with van der Waals surface area (Å²) in [5.41, 5.74) is 2.66. The van der Waals surface area contributed by atoms with Crippen molar-refractivity contribution < 1.29 is 0 Å². The zero-order valence-corrected chi connectivity index (χ0v) is 13.5. The lowest BCUT2D eigenvalue weighted by Gasteiger charge is -2.15. The molecule has 1 aromatic heterocycles. The van der Waals surface area contributed by atoms with Crippen molar-refractivity contribution in [2.24, 2.45) is 0 Å². The quantitative estimate of drug-likeness (QED) is 0.715. The number of benzene rings is 2. The van der Waals surface area contributed by atoms with Crippen LogP contribution in [0.5, 0.6) is 0 Å². The molecule has 0 unspecified atom stereocenters. The first-order valence-electron chi connectivity index (χ1n) is 8.15. The van der Waals surface area contributed by atoms with Crippen LogP contribution in [-0.4, -0.2) is 9.55 Å². The molecular weight excluding hydrogens is 282 g/mol. The summed E-state index contributed by atoms with van der Waals surface area (Å²) in [7, 11) is 0. The molecule has 0 spiro atoms. The van der Waals surface area contributed by atoms with Gasteiger partial charge in [-0.3, -0.25) is 0 Å². The van der Waals surface area contributed by atoms with Crippen molar-refractivity contribution in [1.29, 1.82) is 0 Å². The van der Waals surface area contributed by atoms with Gasteiger partial charge in [0.05, 0.1) is 6.54 Å². The van der Waals surface area contributed by atoms with Crippen LogP contribution in [-0.2, 0) is 19.5 Å². The van der Waals surface area contributed by atoms with Crippen LogP contribution < -0.4 is 5.32 Å². The van der Waals surface area contributed by atoms with Crippen LogP contribution in [0, 0.1) is 0 Å². The molecule has 0 bridgehead atoms. The maximum atomic E-state index is 4.49. The Hall–Kier alpha value is -2.39. The largest absolute Gasteiger partial charge is 0.334 e. The minimum Gasteiger partial charge on any atom is -0.334 e. The summed E-state index contributed by atoms with van der Waals surface area (Å²) < 4.78 is 2.23. The number of hydrogen-bond donors (Lipinski definition) is 1. The first-order chi connectivity index (χ1) is 11.3.